The number of aryl methyl sites for hydroxylation is 2. The van der Waals surface area contributed by atoms with Crippen molar-refractivity contribution >= 4 is 70.6 Å². The molecule has 2 aromatic heterocycles. The SMILES string of the molecule is Cc1ccccc1Nc1nc(Nc2ccc(C=Cc3ccc(Nc4nc(Nc5ccccc5C)nc(NC(C)O)n4)cc3)cc2)nc(NC(C)O)n1.[H-].[H-].[Na+].[Na+]. The molecule has 54 heavy (non-hydrogen) atoms. The zero-order valence-electron chi connectivity index (χ0n) is 33.1. The number of nitrogens with zero attached hydrogens (tertiary/aromatic N) is 6. The van der Waals surface area contributed by atoms with Gasteiger partial charge in [0.25, 0.3) is 0 Å². The predicted octanol–water partition coefficient (Wildman–Crippen LogP) is 1.55. The van der Waals surface area contributed by atoms with Crippen LogP contribution < -0.4 is 91.0 Å². The van der Waals surface area contributed by atoms with Crippen molar-refractivity contribution < 1.29 is 72.2 Å². The molecule has 0 fully saturated rings. The van der Waals surface area contributed by atoms with E-state index < -0.39 is 12.5 Å². The molecule has 2 atom stereocenters. The first-order valence-corrected chi connectivity index (χ1v) is 16.6. The van der Waals surface area contributed by atoms with Crippen molar-refractivity contribution in [3.05, 3.63) is 119 Å². The molecule has 4 aromatic carbocycles. The Hall–Kier alpha value is -4.64. The largest absolute Gasteiger partial charge is 1.00 e. The maximum atomic E-state index is 9.86. The van der Waals surface area contributed by atoms with Crippen molar-refractivity contribution in [1.29, 1.82) is 0 Å². The summed E-state index contributed by atoms with van der Waals surface area (Å²) >= 11 is 0. The van der Waals surface area contributed by atoms with Gasteiger partial charge in [0.05, 0.1) is 0 Å². The summed E-state index contributed by atoms with van der Waals surface area (Å²) in [4.78, 5) is 26.7. The van der Waals surface area contributed by atoms with Gasteiger partial charge in [0.15, 0.2) is 0 Å². The van der Waals surface area contributed by atoms with E-state index in [1.165, 1.54) is 0 Å². The number of hydrogen-bond donors (Lipinski definition) is 8. The van der Waals surface area contributed by atoms with Crippen LogP contribution in [-0.4, -0.2) is 52.6 Å². The molecule has 0 aliphatic carbocycles. The maximum absolute atomic E-state index is 9.86. The normalized spacial score (nSPS) is 11.7. The first-order valence-electron chi connectivity index (χ1n) is 16.6. The first kappa shape index (κ1) is 42.1. The minimum atomic E-state index is -0.844. The quantitative estimate of drug-likeness (QED) is 0.0456. The molecule has 6 rings (SSSR count). The Bertz CT molecular complexity index is 2010. The van der Waals surface area contributed by atoms with Crippen LogP contribution in [-0.2, 0) is 0 Å². The molecule has 2 unspecified atom stereocenters. The Balaban J connectivity index is 0.00000271. The molecular formula is C38H42N12Na2O2. The molecule has 8 N–H and O–H groups in total. The molecule has 6 aromatic rings. The van der Waals surface area contributed by atoms with Crippen molar-refractivity contribution in [2.24, 2.45) is 0 Å². The third kappa shape index (κ3) is 12.5. The van der Waals surface area contributed by atoms with Crippen molar-refractivity contribution in [2.75, 3.05) is 31.9 Å². The molecule has 268 valence electrons. The van der Waals surface area contributed by atoms with Gasteiger partial charge in [-0.15, -0.1) is 0 Å². The van der Waals surface area contributed by atoms with E-state index in [0.29, 0.717) is 23.8 Å². The Morgan fingerprint density at radius 2 is 0.778 bits per heavy atom. The summed E-state index contributed by atoms with van der Waals surface area (Å²) in [5.41, 5.74) is 7.39. The fourth-order valence-corrected chi connectivity index (χ4v) is 4.95. The summed E-state index contributed by atoms with van der Waals surface area (Å²) in [6.07, 6.45) is 2.35. The molecule has 0 spiro atoms. The number of rotatable bonds is 14. The van der Waals surface area contributed by atoms with Crippen LogP contribution in [0.3, 0.4) is 0 Å². The van der Waals surface area contributed by atoms with Crippen LogP contribution in [0.1, 0.15) is 39.0 Å². The molecule has 2 heterocycles. The van der Waals surface area contributed by atoms with E-state index in [-0.39, 0.29) is 73.9 Å². The summed E-state index contributed by atoms with van der Waals surface area (Å²) < 4.78 is 0. The van der Waals surface area contributed by atoms with Crippen LogP contribution >= 0.6 is 0 Å². The van der Waals surface area contributed by atoms with Crippen LogP contribution in [0.5, 0.6) is 0 Å². The predicted molar refractivity (Wildman–Crippen MR) is 210 cm³/mol. The van der Waals surface area contributed by atoms with Crippen molar-refractivity contribution in [3.63, 3.8) is 0 Å². The van der Waals surface area contributed by atoms with E-state index in [1.807, 2.05) is 123 Å². The third-order valence-electron chi connectivity index (χ3n) is 7.53. The van der Waals surface area contributed by atoms with Gasteiger partial charge in [0, 0.05) is 22.7 Å². The van der Waals surface area contributed by atoms with Gasteiger partial charge in [-0.1, -0.05) is 72.8 Å². The van der Waals surface area contributed by atoms with Crippen molar-refractivity contribution in [2.45, 2.75) is 40.2 Å². The Kier molecular flexibility index (Phi) is 15.7. The summed E-state index contributed by atoms with van der Waals surface area (Å²) in [5.74, 6) is 1.77. The topological polar surface area (TPSA) is 190 Å². The molecule has 14 nitrogen and oxygen atoms in total. The van der Waals surface area contributed by atoms with Crippen molar-refractivity contribution in [3.8, 4) is 0 Å². The van der Waals surface area contributed by atoms with Crippen LogP contribution in [0.4, 0.5) is 58.4 Å². The minimum Gasteiger partial charge on any atom is -1.00 e. The van der Waals surface area contributed by atoms with Crippen LogP contribution in [0.2, 0.25) is 0 Å². The number of anilines is 10. The number of aliphatic hydroxyl groups is 2. The smallest absolute Gasteiger partial charge is 1.00 e. The molecular weight excluding hydrogens is 702 g/mol. The molecule has 0 saturated heterocycles. The summed E-state index contributed by atoms with van der Waals surface area (Å²) in [6.45, 7) is 7.17. The minimum absolute atomic E-state index is 0. The Morgan fingerprint density at radius 3 is 1.11 bits per heavy atom. The van der Waals surface area contributed by atoms with E-state index in [2.05, 4.69) is 61.8 Å². The monoisotopic (exact) mass is 744 g/mol. The summed E-state index contributed by atoms with van der Waals surface area (Å²) in [6, 6.07) is 31.3. The molecule has 0 radical (unpaired) electrons. The van der Waals surface area contributed by atoms with E-state index in [9.17, 15) is 10.2 Å². The average Bonchev–Trinajstić information content (AvgIpc) is 3.10. The first-order chi connectivity index (χ1) is 25.1. The van der Waals surface area contributed by atoms with Gasteiger partial charge in [-0.25, -0.2) is 0 Å². The van der Waals surface area contributed by atoms with Gasteiger partial charge in [-0.05, 0) is 86.3 Å². The molecule has 16 heteroatoms. The Morgan fingerprint density at radius 1 is 0.463 bits per heavy atom. The van der Waals surface area contributed by atoms with Gasteiger partial charge in [0.2, 0.25) is 35.7 Å². The number of hydrogen-bond acceptors (Lipinski definition) is 14. The average molecular weight is 745 g/mol. The maximum Gasteiger partial charge on any atom is 1.00 e. The van der Waals surface area contributed by atoms with Gasteiger partial charge >= 0.3 is 59.1 Å². The van der Waals surface area contributed by atoms with E-state index in [4.69, 9.17) is 0 Å². The fourth-order valence-electron chi connectivity index (χ4n) is 4.95. The number of nitrogens with one attached hydrogen (secondary N) is 6. The van der Waals surface area contributed by atoms with E-state index in [1.54, 1.807) is 13.8 Å². The van der Waals surface area contributed by atoms with Crippen molar-refractivity contribution in [1.82, 2.24) is 29.9 Å². The number of aromatic nitrogens is 6. The zero-order chi connectivity index (χ0) is 36.5. The standard InChI is InChI=1S/C38H40N12O2.2Na.2H/c1-23-9-5-7-11-31(23)43-37-47-33(39-25(3)51)45-35(49-37)41-29-19-15-27(16-20-29)13-14-28-17-21-30(22-18-28)42-36-46-34(40-26(4)52)48-38(50-36)44-32-12-8-6-10-24(32)2;;;;/h5-22,25-26,51-52H,1-4H3,(H3,39,41,43,45,47,49)(H3,40,42,44,46,48,50);;;;/q;2*+1;2*-1. The zero-order valence-corrected chi connectivity index (χ0v) is 35.1. The summed E-state index contributed by atoms with van der Waals surface area (Å²) in [7, 11) is 0. The van der Waals surface area contributed by atoms with Crippen LogP contribution in [0.25, 0.3) is 12.2 Å². The van der Waals surface area contributed by atoms with Gasteiger partial charge in [-0.3, -0.25) is 0 Å². The number of benzene rings is 4. The molecule has 0 aliphatic rings. The second-order valence-corrected chi connectivity index (χ2v) is 12.0. The second kappa shape index (κ2) is 20.2. The molecule has 0 amide bonds. The molecule has 0 aliphatic heterocycles. The molecule has 0 bridgehead atoms. The van der Waals surface area contributed by atoms with Gasteiger partial charge in [0.1, 0.15) is 12.5 Å². The van der Waals surface area contributed by atoms with Crippen LogP contribution in [0, 0.1) is 13.8 Å². The fraction of sp³-hybridized carbons (Fsp3) is 0.158. The van der Waals surface area contributed by atoms with Gasteiger partial charge in [-0.2, -0.15) is 29.9 Å². The Labute approximate surface area is 361 Å². The number of aliphatic hydroxyl groups excluding tert-OH is 2. The summed E-state index contributed by atoms with van der Waals surface area (Å²) in [5, 5.41) is 38.3. The number of para-hydroxylation sites is 2. The van der Waals surface area contributed by atoms with Gasteiger partial charge < -0.3 is 45.0 Å². The molecule has 0 saturated carbocycles. The third-order valence-corrected chi connectivity index (χ3v) is 7.53. The second-order valence-electron chi connectivity index (χ2n) is 12.0. The van der Waals surface area contributed by atoms with E-state index >= 15 is 0 Å². The van der Waals surface area contributed by atoms with E-state index in [0.717, 1.165) is 45.0 Å². The van der Waals surface area contributed by atoms with Crippen LogP contribution in [0.15, 0.2) is 97.1 Å².